The third-order valence-corrected chi connectivity index (χ3v) is 4.31. The number of hydrogen-bond donors (Lipinski definition) is 1. The van der Waals surface area contributed by atoms with Crippen LogP contribution in [0, 0.1) is 11.7 Å². The summed E-state index contributed by atoms with van der Waals surface area (Å²) in [7, 11) is 3.99. The first-order valence-corrected chi connectivity index (χ1v) is 8.26. The minimum Gasteiger partial charge on any atom is -0.347 e. The van der Waals surface area contributed by atoms with Crippen LogP contribution in [-0.4, -0.2) is 60.5 Å². The van der Waals surface area contributed by atoms with Crippen LogP contribution in [0.5, 0.6) is 0 Å². The van der Waals surface area contributed by atoms with Crippen molar-refractivity contribution in [2.24, 2.45) is 5.92 Å². The van der Waals surface area contributed by atoms with Crippen molar-refractivity contribution in [1.29, 1.82) is 0 Å². The van der Waals surface area contributed by atoms with E-state index in [1.165, 1.54) is 12.1 Å². The quantitative estimate of drug-likeness (QED) is 0.889. The highest BCUT2D eigenvalue weighted by Crippen LogP contribution is 2.22. The number of hydrogen-bond acceptors (Lipinski definition) is 5. The lowest BCUT2D eigenvalue weighted by Crippen LogP contribution is -2.43. The first kappa shape index (κ1) is 17.3. The topological polar surface area (TPSA) is 61.4 Å². The first-order chi connectivity index (χ1) is 12.0. The lowest BCUT2D eigenvalue weighted by atomic mass is 10.0. The van der Waals surface area contributed by atoms with Crippen LogP contribution in [0.25, 0.3) is 0 Å². The Kier molecular flexibility index (Phi) is 5.23. The van der Waals surface area contributed by atoms with Gasteiger partial charge in [-0.25, -0.2) is 14.4 Å². The van der Waals surface area contributed by atoms with E-state index in [4.69, 9.17) is 0 Å². The van der Waals surface area contributed by atoms with Crippen LogP contribution >= 0.6 is 0 Å². The summed E-state index contributed by atoms with van der Waals surface area (Å²) in [6, 6.07) is 7.70. The van der Waals surface area contributed by atoms with Gasteiger partial charge in [0.2, 0.25) is 5.95 Å². The maximum absolute atomic E-state index is 13.9. The summed E-state index contributed by atoms with van der Waals surface area (Å²) >= 11 is 0. The van der Waals surface area contributed by atoms with E-state index in [1.807, 2.05) is 14.1 Å². The van der Waals surface area contributed by atoms with Crippen LogP contribution in [-0.2, 0) is 0 Å². The zero-order valence-electron chi connectivity index (χ0n) is 14.4. The molecule has 0 saturated carbocycles. The fourth-order valence-electron chi connectivity index (χ4n) is 3.20. The number of carbonyl (C=O) groups is 1. The zero-order valence-corrected chi connectivity index (χ0v) is 14.4. The number of halogens is 1. The Morgan fingerprint density at radius 2 is 1.96 bits per heavy atom. The fraction of sp³-hybridized carbons (Fsp3) is 0.389. The second kappa shape index (κ2) is 7.57. The van der Waals surface area contributed by atoms with Gasteiger partial charge in [0, 0.05) is 37.9 Å². The molecule has 3 rings (SSSR count). The Labute approximate surface area is 146 Å². The maximum Gasteiger partial charge on any atom is 0.254 e. The van der Waals surface area contributed by atoms with Crippen molar-refractivity contribution >= 4 is 11.9 Å². The second-order valence-electron chi connectivity index (χ2n) is 6.54. The molecule has 1 amide bonds. The van der Waals surface area contributed by atoms with Crippen LogP contribution in [0.2, 0.25) is 0 Å². The van der Waals surface area contributed by atoms with Crippen molar-refractivity contribution in [1.82, 2.24) is 20.2 Å². The van der Waals surface area contributed by atoms with E-state index in [-0.39, 0.29) is 23.4 Å². The van der Waals surface area contributed by atoms with E-state index in [9.17, 15) is 9.18 Å². The molecule has 0 spiro atoms. The first-order valence-electron chi connectivity index (χ1n) is 8.26. The molecule has 1 N–H and O–H groups in total. The summed E-state index contributed by atoms with van der Waals surface area (Å²) < 4.78 is 13.9. The van der Waals surface area contributed by atoms with Crippen molar-refractivity contribution in [3.05, 3.63) is 54.1 Å². The second-order valence-corrected chi connectivity index (χ2v) is 6.54. The number of nitrogens with zero attached hydrogens (tertiary/aromatic N) is 4. The predicted octanol–water partition coefficient (Wildman–Crippen LogP) is 1.41. The molecule has 2 atom stereocenters. The lowest BCUT2D eigenvalue weighted by Gasteiger charge is -2.22. The molecule has 1 saturated heterocycles. The minimum atomic E-state index is -0.509. The highest BCUT2D eigenvalue weighted by molar-refractivity contribution is 5.94. The van der Waals surface area contributed by atoms with Gasteiger partial charge in [0.1, 0.15) is 5.82 Å². The molecule has 0 unspecified atom stereocenters. The number of nitrogens with one attached hydrogen (secondary N) is 1. The number of carbonyl (C=O) groups excluding carboxylic acids is 1. The van der Waals surface area contributed by atoms with Gasteiger partial charge in [-0.1, -0.05) is 12.1 Å². The smallest absolute Gasteiger partial charge is 0.254 e. The van der Waals surface area contributed by atoms with Gasteiger partial charge in [-0.2, -0.15) is 0 Å². The van der Waals surface area contributed by atoms with Crippen molar-refractivity contribution in [3.63, 3.8) is 0 Å². The molecule has 2 aromatic rings. The van der Waals surface area contributed by atoms with Crippen LogP contribution in [0.3, 0.4) is 0 Å². The van der Waals surface area contributed by atoms with Crippen LogP contribution in [0.4, 0.5) is 10.3 Å². The Balaban J connectivity index is 1.75. The minimum absolute atomic E-state index is 0.0699. The fourth-order valence-corrected chi connectivity index (χ4v) is 3.20. The van der Waals surface area contributed by atoms with Gasteiger partial charge in [-0.05, 0) is 32.3 Å². The van der Waals surface area contributed by atoms with Crippen molar-refractivity contribution in [3.8, 4) is 0 Å². The van der Waals surface area contributed by atoms with E-state index in [1.54, 1.807) is 30.6 Å². The standard InChI is InChI=1S/C18H22FN5O/c1-23(2)10-13-11-24(18-20-8-5-9-21-18)12-16(13)22-17(25)14-6-3-4-7-15(14)19/h3-9,13,16H,10-12H2,1-2H3,(H,22,25)/t13-,16-/m1/s1. The molecule has 6 nitrogen and oxygen atoms in total. The summed E-state index contributed by atoms with van der Waals surface area (Å²) in [5.74, 6) is -0.0449. The Bertz CT molecular complexity index is 724. The van der Waals surface area contributed by atoms with E-state index in [2.05, 4.69) is 25.1 Å². The van der Waals surface area contributed by atoms with Gasteiger partial charge >= 0.3 is 0 Å². The number of rotatable bonds is 5. The Morgan fingerprint density at radius 1 is 1.24 bits per heavy atom. The molecular weight excluding hydrogens is 321 g/mol. The van der Waals surface area contributed by atoms with E-state index < -0.39 is 5.82 Å². The summed E-state index contributed by atoms with van der Waals surface area (Å²) in [4.78, 5) is 25.2. The van der Waals surface area contributed by atoms with Crippen LogP contribution in [0.1, 0.15) is 10.4 Å². The zero-order chi connectivity index (χ0) is 17.8. The van der Waals surface area contributed by atoms with E-state index in [0.717, 1.165) is 13.1 Å². The molecule has 2 heterocycles. The molecule has 1 aromatic heterocycles. The van der Waals surface area contributed by atoms with Gasteiger partial charge < -0.3 is 15.1 Å². The highest BCUT2D eigenvalue weighted by atomic mass is 19.1. The third-order valence-electron chi connectivity index (χ3n) is 4.31. The number of aromatic nitrogens is 2. The SMILES string of the molecule is CN(C)C[C@@H]1CN(c2ncccn2)C[C@H]1NC(=O)c1ccccc1F. The monoisotopic (exact) mass is 343 g/mol. The van der Waals surface area contributed by atoms with E-state index in [0.29, 0.717) is 12.5 Å². The van der Waals surface area contributed by atoms with Gasteiger partial charge in [0.05, 0.1) is 11.6 Å². The molecule has 25 heavy (non-hydrogen) atoms. The maximum atomic E-state index is 13.9. The molecule has 132 valence electrons. The third kappa shape index (κ3) is 4.11. The van der Waals surface area contributed by atoms with Gasteiger partial charge in [-0.3, -0.25) is 4.79 Å². The molecule has 1 aromatic carbocycles. The van der Waals surface area contributed by atoms with Crippen molar-refractivity contribution in [2.75, 3.05) is 38.6 Å². The van der Waals surface area contributed by atoms with Gasteiger partial charge in [-0.15, -0.1) is 0 Å². The molecule has 7 heteroatoms. The number of amides is 1. The van der Waals surface area contributed by atoms with Gasteiger partial charge in [0.25, 0.3) is 5.91 Å². The lowest BCUT2D eigenvalue weighted by molar-refractivity contribution is 0.0924. The summed E-state index contributed by atoms with van der Waals surface area (Å²) in [5, 5.41) is 2.99. The average Bonchev–Trinajstić information content (AvgIpc) is 2.98. The van der Waals surface area contributed by atoms with Crippen LogP contribution in [0.15, 0.2) is 42.7 Å². The molecule has 1 aliphatic heterocycles. The molecule has 1 fully saturated rings. The van der Waals surface area contributed by atoms with Crippen molar-refractivity contribution in [2.45, 2.75) is 6.04 Å². The van der Waals surface area contributed by atoms with Crippen molar-refractivity contribution < 1.29 is 9.18 Å². The normalized spacial score (nSPS) is 20.1. The molecule has 0 aliphatic carbocycles. The molecular formula is C18H22FN5O. The highest BCUT2D eigenvalue weighted by Gasteiger charge is 2.35. The molecule has 1 aliphatic rings. The number of benzene rings is 1. The predicted molar refractivity (Wildman–Crippen MR) is 93.9 cm³/mol. The Morgan fingerprint density at radius 3 is 2.64 bits per heavy atom. The summed E-state index contributed by atoms with van der Waals surface area (Å²) in [6.07, 6.45) is 3.41. The Hall–Kier alpha value is -2.54. The van der Waals surface area contributed by atoms with Gasteiger partial charge in [0.15, 0.2) is 0 Å². The summed E-state index contributed by atoms with van der Waals surface area (Å²) in [5.41, 5.74) is 0.0699. The molecule has 0 radical (unpaired) electrons. The number of anilines is 1. The largest absolute Gasteiger partial charge is 0.347 e. The average molecular weight is 343 g/mol. The van der Waals surface area contributed by atoms with Crippen LogP contribution < -0.4 is 10.2 Å². The van der Waals surface area contributed by atoms with E-state index >= 15 is 0 Å². The molecule has 0 bridgehead atoms. The summed E-state index contributed by atoms with van der Waals surface area (Å²) in [6.45, 7) is 2.15.